The zero-order valence-electron chi connectivity index (χ0n) is 20.3. The van der Waals surface area contributed by atoms with Crippen LogP contribution in [-0.2, 0) is 11.3 Å². The van der Waals surface area contributed by atoms with E-state index < -0.39 is 5.41 Å². The lowest BCUT2D eigenvalue weighted by Crippen LogP contribution is -2.50. The highest BCUT2D eigenvalue weighted by Gasteiger charge is 2.41. The van der Waals surface area contributed by atoms with Gasteiger partial charge in [-0.25, -0.2) is 0 Å². The van der Waals surface area contributed by atoms with Gasteiger partial charge >= 0.3 is 0 Å². The molecule has 3 aromatic carbocycles. The van der Waals surface area contributed by atoms with Crippen LogP contribution in [-0.4, -0.2) is 48.4 Å². The van der Waals surface area contributed by atoms with Crippen molar-refractivity contribution in [3.05, 3.63) is 99.5 Å². The van der Waals surface area contributed by atoms with Crippen LogP contribution in [0.1, 0.15) is 35.2 Å². The molecule has 1 heterocycles. The number of ether oxygens (including phenoxy) is 1. The zero-order chi connectivity index (χ0) is 25.5. The average Bonchev–Trinajstić information content (AvgIpc) is 2.89. The molecular formula is C29H30BrClN2O3. The van der Waals surface area contributed by atoms with Gasteiger partial charge in [-0.3, -0.25) is 9.59 Å². The minimum absolute atomic E-state index is 0.0359. The summed E-state index contributed by atoms with van der Waals surface area (Å²) in [5.41, 5.74) is 1.20. The van der Waals surface area contributed by atoms with E-state index in [0.717, 1.165) is 22.9 Å². The molecule has 7 heteroatoms. The van der Waals surface area contributed by atoms with E-state index in [4.69, 9.17) is 16.3 Å². The number of nitrogens with zero attached hydrogens (tertiary/aromatic N) is 2. The lowest BCUT2D eigenvalue weighted by molar-refractivity contribution is -0.134. The van der Waals surface area contributed by atoms with Gasteiger partial charge in [0.2, 0.25) is 5.91 Å². The molecule has 1 fully saturated rings. The van der Waals surface area contributed by atoms with Crippen LogP contribution < -0.4 is 4.74 Å². The maximum absolute atomic E-state index is 13.4. The normalized spacial score (nSPS) is 17.5. The van der Waals surface area contributed by atoms with Gasteiger partial charge in [0.1, 0.15) is 5.75 Å². The highest BCUT2D eigenvalue weighted by atomic mass is 79.9. The second-order valence-corrected chi connectivity index (χ2v) is 10.8. The Morgan fingerprint density at radius 2 is 1.72 bits per heavy atom. The number of carbonyl (C=O) groups is 2. The van der Waals surface area contributed by atoms with Gasteiger partial charge in [0, 0.05) is 48.0 Å². The third-order valence-corrected chi connectivity index (χ3v) is 7.57. The van der Waals surface area contributed by atoms with E-state index in [2.05, 4.69) is 15.9 Å². The van der Waals surface area contributed by atoms with Crippen molar-refractivity contribution >= 4 is 39.3 Å². The number of piperidine rings is 1. The molecule has 0 aromatic heterocycles. The quantitative estimate of drug-likeness (QED) is 0.313. The number of likely N-dealkylation sites (tertiary alicyclic amines) is 1. The van der Waals surface area contributed by atoms with Crippen molar-refractivity contribution in [2.45, 2.75) is 25.8 Å². The monoisotopic (exact) mass is 568 g/mol. The summed E-state index contributed by atoms with van der Waals surface area (Å²) in [6, 6.07) is 24.6. The first-order valence-corrected chi connectivity index (χ1v) is 13.2. The largest absolute Gasteiger partial charge is 0.493 e. The number of hydrogen-bond acceptors (Lipinski definition) is 3. The Labute approximate surface area is 226 Å². The lowest BCUT2D eigenvalue weighted by Gasteiger charge is -2.43. The predicted molar refractivity (Wildman–Crippen MR) is 146 cm³/mol. The maximum atomic E-state index is 13.4. The van der Waals surface area contributed by atoms with Gasteiger partial charge in [-0.2, -0.15) is 0 Å². The number of hydrogen-bond donors (Lipinski definition) is 0. The van der Waals surface area contributed by atoms with Crippen molar-refractivity contribution in [3.8, 4) is 5.75 Å². The van der Waals surface area contributed by atoms with Crippen LogP contribution in [0.5, 0.6) is 5.75 Å². The fraction of sp³-hybridized carbons (Fsp3) is 0.310. The van der Waals surface area contributed by atoms with E-state index in [9.17, 15) is 9.59 Å². The molecule has 0 saturated carbocycles. The van der Waals surface area contributed by atoms with Crippen molar-refractivity contribution in [2.24, 2.45) is 5.41 Å². The summed E-state index contributed by atoms with van der Waals surface area (Å²) in [6.45, 7) is 1.97. The summed E-state index contributed by atoms with van der Waals surface area (Å²) in [5.74, 6) is 0.690. The Hall–Kier alpha value is -2.83. The van der Waals surface area contributed by atoms with E-state index in [1.54, 1.807) is 17.0 Å². The van der Waals surface area contributed by atoms with Gasteiger partial charge in [-0.15, -0.1) is 0 Å². The third kappa shape index (κ3) is 6.68. The molecule has 0 N–H and O–H groups in total. The molecule has 1 aliphatic heterocycles. The summed E-state index contributed by atoms with van der Waals surface area (Å²) in [6.07, 6.45) is 1.89. The molecule has 0 radical (unpaired) electrons. The van der Waals surface area contributed by atoms with Crippen LogP contribution in [0.4, 0.5) is 0 Å². The Morgan fingerprint density at radius 1 is 1.03 bits per heavy atom. The van der Waals surface area contributed by atoms with Crippen molar-refractivity contribution in [3.63, 3.8) is 0 Å². The van der Waals surface area contributed by atoms with E-state index in [1.807, 2.05) is 78.7 Å². The van der Waals surface area contributed by atoms with Crippen LogP contribution in [0.2, 0.25) is 5.02 Å². The Bertz CT molecular complexity index is 1190. The molecular weight excluding hydrogens is 540 g/mol. The molecule has 0 spiro atoms. The zero-order valence-corrected chi connectivity index (χ0v) is 22.7. The van der Waals surface area contributed by atoms with Crippen LogP contribution in [0.3, 0.4) is 0 Å². The smallest absolute Gasteiger partial charge is 0.255 e. The number of benzene rings is 3. The van der Waals surface area contributed by atoms with Crippen LogP contribution in [0, 0.1) is 5.41 Å². The first-order valence-electron chi connectivity index (χ1n) is 12.1. The Kier molecular flexibility index (Phi) is 8.70. The van der Waals surface area contributed by atoms with E-state index in [-0.39, 0.29) is 11.8 Å². The van der Waals surface area contributed by atoms with E-state index in [0.29, 0.717) is 49.0 Å². The fourth-order valence-electron chi connectivity index (χ4n) is 4.67. The molecule has 36 heavy (non-hydrogen) atoms. The SMILES string of the molecule is CN(Cc1ccccc1)C(=O)C[C@@]1(COc2ccc(Cl)cc2)CCCN(C(=O)c2ccccc2Br)C1. The summed E-state index contributed by atoms with van der Waals surface area (Å²) in [7, 11) is 1.83. The molecule has 4 rings (SSSR count). The van der Waals surface area contributed by atoms with Gasteiger partial charge in [0.25, 0.3) is 5.91 Å². The Balaban J connectivity index is 1.53. The fourth-order valence-corrected chi connectivity index (χ4v) is 5.25. The van der Waals surface area contributed by atoms with Crippen molar-refractivity contribution in [2.75, 3.05) is 26.7 Å². The summed E-state index contributed by atoms with van der Waals surface area (Å²) < 4.78 is 6.95. The molecule has 188 valence electrons. The molecule has 3 aromatic rings. The van der Waals surface area contributed by atoms with Gasteiger partial charge in [-0.05, 0) is 70.7 Å². The number of amides is 2. The molecule has 5 nitrogen and oxygen atoms in total. The number of rotatable bonds is 8. The molecule has 0 aliphatic carbocycles. The Morgan fingerprint density at radius 3 is 2.44 bits per heavy atom. The molecule has 2 amide bonds. The van der Waals surface area contributed by atoms with Crippen LogP contribution >= 0.6 is 27.5 Å². The van der Waals surface area contributed by atoms with Crippen LogP contribution in [0.25, 0.3) is 0 Å². The van der Waals surface area contributed by atoms with Gasteiger partial charge < -0.3 is 14.5 Å². The standard InChI is InChI=1S/C29H30BrClN2O3/c1-32(19-22-8-3-2-4-9-22)27(34)18-29(21-36-24-14-12-23(31)13-15-24)16-7-17-33(20-29)28(35)25-10-5-6-11-26(25)30/h2-6,8-15H,7,16-21H2,1H3/t29-/m0/s1. The first-order chi connectivity index (χ1) is 17.3. The van der Waals surface area contributed by atoms with Crippen molar-refractivity contribution in [1.29, 1.82) is 0 Å². The third-order valence-electron chi connectivity index (χ3n) is 6.63. The lowest BCUT2D eigenvalue weighted by atomic mass is 9.77. The van der Waals surface area contributed by atoms with Crippen molar-refractivity contribution < 1.29 is 14.3 Å². The molecule has 1 saturated heterocycles. The summed E-state index contributed by atoms with van der Waals surface area (Å²) >= 11 is 9.54. The summed E-state index contributed by atoms with van der Waals surface area (Å²) in [4.78, 5) is 30.5. The molecule has 1 aliphatic rings. The minimum Gasteiger partial charge on any atom is -0.493 e. The van der Waals surface area contributed by atoms with Gasteiger partial charge in [0.05, 0.1) is 12.2 Å². The van der Waals surface area contributed by atoms with E-state index in [1.165, 1.54) is 0 Å². The number of halogens is 2. The number of carbonyl (C=O) groups excluding carboxylic acids is 2. The highest BCUT2D eigenvalue weighted by molar-refractivity contribution is 9.10. The van der Waals surface area contributed by atoms with Gasteiger partial charge in [-0.1, -0.05) is 54.1 Å². The topological polar surface area (TPSA) is 49.9 Å². The second-order valence-electron chi connectivity index (χ2n) is 9.46. The van der Waals surface area contributed by atoms with Crippen LogP contribution in [0.15, 0.2) is 83.3 Å². The minimum atomic E-state index is -0.503. The molecule has 1 atom stereocenters. The molecule has 0 unspecified atom stereocenters. The second kappa shape index (κ2) is 11.9. The van der Waals surface area contributed by atoms with E-state index >= 15 is 0 Å². The maximum Gasteiger partial charge on any atom is 0.255 e. The predicted octanol–water partition coefficient (Wildman–Crippen LogP) is 6.45. The van der Waals surface area contributed by atoms with Gasteiger partial charge in [0.15, 0.2) is 0 Å². The highest BCUT2D eigenvalue weighted by Crippen LogP contribution is 2.36. The average molecular weight is 570 g/mol. The molecule has 0 bridgehead atoms. The first kappa shape index (κ1) is 26.2. The van der Waals surface area contributed by atoms with Crippen molar-refractivity contribution in [1.82, 2.24) is 9.80 Å². The summed E-state index contributed by atoms with van der Waals surface area (Å²) in [5, 5.41) is 0.637.